The number of hydrogen-bond acceptors (Lipinski definition) is 6. The summed E-state index contributed by atoms with van der Waals surface area (Å²) in [6.07, 6.45) is -3.62. The highest BCUT2D eigenvalue weighted by molar-refractivity contribution is 5.84. The van der Waals surface area contributed by atoms with Gasteiger partial charge in [0.05, 0.1) is 12.7 Å². The van der Waals surface area contributed by atoms with E-state index in [0.29, 0.717) is 30.6 Å². The number of aliphatic imine (C=N–C) groups is 1. The van der Waals surface area contributed by atoms with Gasteiger partial charge in [0, 0.05) is 26.1 Å². The highest BCUT2D eigenvalue weighted by atomic mass is 19.4. The molecule has 0 fully saturated rings. The summed E-state index contributed by atoms with van der Waals surface area (Å²) in [7, 11) is 4.46. The third-order valence-corrected chi connectivity index (χ3v) is 5.91. The summed E-state index contributed by atoms with van der Waals surface area (Å²) in [6.45, 7) is 0. The Morgan fingerprint density at radius 1 is 1.00 bits per heavy atom. The van der Waals surface area contributed by atoms with Crippen molar-refractivity contribution >= 4 is 11.7 Å². The fourth-order valence-corrected chi connectivity index (χ4v) is 4.14. The molecule has 0 saturated carbocycles. The summed E-state index contributed by atoms with van der Waals surface area (Å²) < 4.78 is 55.7. The van der Waals surface area contributed by atoms with Crippen molar-refractivity contribution in [1.82, 2.24) is 9.13 Å². The van der Waals surface area contributed by atoms with Gasteiger partial charge in [0.2, 0.25) is 0 Å². The molecule has 0 saturated heterocycles. The molecule has 0 aliphatic carbocycles. The standard InChI is InChI=1S/C25H24F3N3O5/c1-30-21-20(23(32)31(2)24(30)33)11-10-16(12-15-6-4-7-17(13-15)34-3)22(29-21)35-18-8-5-9-19(14-18)36-25(26,27)28/h4-9,13-14,16H,10-12H2,1-3H3. The molecule has 2 aromatic carbocycles. The van der Waals surface area contributed by atoms with E-state index in [9.17, 15) is 22.8 Å². The summed E-state index contributed by atoms with van der Waals surface area (Å²) in [6, 6.07) is 12.5. The van der Waals surface area contributed by atoms with Crippen molar-refractivity contribution in [2.24, 2.45) is 25.0 Å². The third-order valence-electron chi connectivity index (χ3n) is 5.91. The number of fused-ring (bicyclic) bond motifs is 1. The van der Waals surface area contributed by atoms with Gasteiger partial charge < -0.3 is 14.2 Å². The van der Waals surface area contributed by atoms with Crippen molar-refractivity contribution in [3.63, 3.8) is 0 Å². The van der Waals surface area contributed by atoms with E-state index < -0.39 is 23.4 Å². The van der Waals surface area contributed by atoms with E-state index in [0.717, 1.165) is 22.3 Å². The Labute approximate surface area is 204 Å². The minimum Gasteiger partial charge on any atom is -0.497 e. The van der Waals surface area contributed by atoms with Gasteiger partial charge in [0.1, 0.15) is 23.1 Å². The number of aromatic nitrogens is 2. The third kappa shape index (κ3) is 5.45. The maximum atomic E-state index is 12.8. The smallest absolute Gasteiger partial charge is 0.497 e. The van der Waals surface area contributed by atoms with E-state index >= 15 is 0 Å². The average Bonchev–Trinajstić information content (AvgIpc) is 3.00. The van der Waals surface area contributed by atoms with Crippen LogP contribution in [0.5, 0.6) is 17.2 Å². The lowest BCUT2D eigenvalue weighted by molar-refractivity contribution is -0.274. The van der Waals surface area contributed by atoms with E-state index in [1.165, 1.54) is 30.8 Å². The highest BCUT2D eigenvalue weighted by Gasteiger charge is 2.32. The Balaban J connectivity index is 1.77. The van der Waals surface area contributed by atoms with Crippen LogP contribution in [0.15, 0.2) is 63.1 Å². The first kappa shape index (κ1) is 25.1. The van der Waals surface area contributed by atoms with Crippen LogP contribution in [0, 0.1) is 5.92 Å². The zero-order valence-electron chi connectivity index (χ0n) is 19.8. The molecule has 1 unspecified atom stereocenters. The minimum atomic E-state index is -4.86. The number of alkyl halides is 3. The normalized spacial score (nSPS) is 15.5. The first-order valence-corrected chi connectivity index (χ1v) is 11.1. The van der Waals surface area contributed by atoms with E-state index in [2.05, 4.69) is 9.73 Å². The minimum absolute atomic E-state index is 0.0726. The molecule has 1 aliphatic heterocycles. The van der Waals surface area contributed by atoms with Gasteiger partial charge in [-0.15, -0.1) is 13.2 Å². The molecule has 0 spiro atoms. The Morgan fingerprint density at radius 2 is 1.69 bits per heavy atom. The van der Waals surface area contributed by atoms with E-state index in [1.807, 2.05) is 24.3 Å². The second-order valence-corrected chi connectivity index (χ2v) is 8.37. The molecule has 1 aliphatic rings. The van der Waals surface area contributed by atoms with Gasteiger partial charge in [-0.2, -0.15) is 4.99 Å². The highest BCUT2D eigenvalue weighted by Crippen LogP contribution is 2.31. The van der Waals surface area contributed by atoms with Gasteiger partial charge in [-0.25, -0.2) is 4.79 Å². The molecule has 36 heavy (non-hydrogen) atoms. The van der Waals surface area contributed by atoms with Crippen molar-refractivity contribution < 1.29 is 27.4 Å². The predicted octanol–water partition coefficient (Wildman–Crippen LogP) is 3.91. The molecule has 3 aromatic rings. The number of halogens is 3. The van der Waals surface area contributed by atoms with Crippen LogP contribution in [0.2, 0.25) is 0 Å². The van der Waals surface area contributed by atoms with Gasteiger partial charge in [-0.3, -0.25) is 13.9 Å². The molecule has 190 valence electrons. The lowest BCUT2D eigenvalue weighted by Crippen LogP contribution is -2.38. The first-order chi connectivity index (χ1) is 17.1. The van der Waals surface area contributed by atoms with Gasteiger partial charge in [-0.05, 0) is 49.1 Å². The first-order valence-electron chi connectivity index (χ1n) is 11.1. The lowest BCUT2D eigenvalue weighted by Gasteiger charge is -2.19. The molecule has 2 heterocycles. The zero-order valence-corrected chi connectivity index (χ0v) is 19.8. The van der Waals surface area contributed by atoms with E-state index in [4.69, 9.17) is 9.47 Å². The van der Waals surface area contributed by atoms with Crippen molar-refractivity contribution in [2.75, 3.05) is 7.11 Å². The van der Waals surface area contributed by atoms with Crippen LogP contribution in [0.25, 0.3) is 0 Å². The summed E-state index contributed by atoms with van der Waals surface area (Å²) in [5.41, 5.74) is 0.285. The number of rotatable bonds is 5. The van der Waals surface area contributed by atoms with Crippen LogP contribution >= 0.6 is 0 Å². The molecule has 11 heteroatoms. The van der Waals surface area contributed by atoms with Gasteiger partial charge in [0.15, 0.2) is 5.90 Å². The molecule has 0 amide bonds. The van der Waals surface area contributed by atoms with Crippen LogP contribution in [0.4, 0.5) is 19.0 Å². The zero-order chi connectivity index (χ0) is 26.0. The molecule has 1 atom stereocenters. The molecule has 8 nitrogen and oxygen atoms in total. The Morgan fingerprint density at radius 3 is 2.42 bits per heavy atom. The summed E-state index contributed by atoms with van der Waals surface area (Å²) >= 11 is 0. The van der Waals surface area contributed by atoms with Gasteiger partial charge >= 0.3 is 12.1 Å². The number of methoxy groups -OCH3 is 1. The van der Waals surface area contributed by atoms with Crippen LogP contribution in [-0.4, -0.2) is 28.5 Å². The average molecular weight is 503 g/mol. The van der Waals surface area contributed by atoms with Crippen LogP contribution in [0.1, 0.15) is 17.5 Å². The largest absolute Gasteiger partial charge is 0.573 e. The predicted molar refractivity (Wildman–Crippen MR) is 126 cm³/mol. The molecule has 1 aromatic heterocycles. The molecule has 0 bridgehead atoms. The molecule has 0 radical (unpaired) electrons. The Kier molecular flexibility index (Phi) is 6.91. The van der Waals surface area contributed by atoms with Crippen molar-refractivity contribution in [2.45, 2.75) is 25.6 Å². The van der Waals surface area contributed by atoms with Gasteiger partial charge in [0.25, 0.3) is 5.56 Å². The molecular formula is C25H24F3N3O5. The summed E-state index contributed by atoms with van der Waals surface area (Å²) in [5.74, 6) is 0.273. The number of hydrogen-bond donors (Lipinski definition) is 0. The second kappa shape index (κ2) is 9.92. The fourth-order valence-electron chi connectivity index (χ4n) is 4.14. The topological polar surface area (TPSA) is 84.1 Å². The van der Waals surface area contributed by atoms with E-state index in [-0.39, 0.29) is 23.4 Å². The number of nitrogens with zero attached hydrogens (tertiary/aromatic N) is 3. The van der Waals surface area contributed by atoms with Crippen molar-refractivity contribution in [1.29, 1.82) is 0 Å². The van der Waals surface area contributed by atoms with Gasteiger partial charge in [-0.1, -0.05) is 18.2 Å². The maximum absolute atomic E-state index is 12.8. The van der Waals surface area contributed by atoms with Crippen LogP contribution < -0.4 is 25.5 Å². The van der Waals surface area contributed by atoms with E-state index in [1.54, 1.807) is 7.11 Å². The number of benzene rings is 2. The molecular weight excluding hydrogens is 479 g/mol. The van der Waals surface area contributed by atoms with Crippen LogP contribution in [-0.2, 0) is 26.9 Å². The molecule has 0 N–H and O–H groups in total. The summed E-state index contributed by atoms with van der Waals surface area (Å²) in [4.78, 5) is 29.9. The maximum Gasteiger partial charge on any atom is 0.573 e. The van der Waals surface area contributed by atoms with Crippen molar-refractivity contribution in [3.8, 4) is 17.2 Å². The van der Waals surface area contributed by atoms with Crippen molar-refractivity contribution in [3.05, 3.63) is 80.5 Å². The van der Waals surface area contributed by atoms with Crippen LogP contribution in [0.3, 0.4) is 0 Å². The second-order valence-electron chi connectivity index (χ2n) is 8.37. The number of ether oxygens (including phenoxy) is 3. The molecule has 4 rings (SSSR count). The quantitative estimate of drug-likeness (QED) is 0.527. The Bertz CT molecular complexity index is 1430. The lowest BCUT2D eigenvalue weighted by atomic mass is 9.93. The summed E-state index contributed by atoms with van der Waals surface area (Å²) in [5, 5.41) is 0. The monoisotopic (exact) mass is 503 g/mol. The fraction of sp³-hybridized carbons (Fsp3) is 0.320. The SMILES string of the molecule is COc1cccc(CC2CCc3c(n(C)c(=O)n(C)c3=O)N=C2Oc2cccc(OC(F)(F)F)c2)c1. The Hall–Kier alpha value is -4.02.